The molecule has 0 aliphatic carbocycles. The fourth-order valence-electron chi connectivity index (χ4n) is 1.25. The van der Waals surface area contributed by atoms with Gasteiger partial charge in [-0.15, -0.1) is 5.10 Å². The molecule has 0 radical (unpaired) electrons. The maximum Gasteiger partial charge on any atom is 0.174 e. The largest absolute Gasteiger partial charge is 0.390 e. The van der Waals surface area contributed by atoms with Gasteiger partial charge in [-0.05, 0) is 30.3 Å². The van der Waals surface area contributed by atoms with E-state index in [1.807, 2.05) is 24.6 Å². The number of imidazole rings is 1. The minimum Gasteiger partial charge on any atom is -0.390 e. The van der Waals surface area contributed by atoms with Crippen LogP contribution in [0.25, 0.3) is 0 Å². The van der Waals surface area contributed by atoms with Crippen molar-refractivity contribution in [3.63, 3.8) is 0 Å². The van der Waals surface area contributed by atoms with Crippen LogP contribution in [-0.4, -0.2) is 24.9 Å². The topological polar surface area (TPSA) is 63.8 Å². The monoisotopic (exact) mass is 236 g/mol. The van der Waals surface area contributed by atoms with Crippen LogP contribution in [0.3, 0.4) is 0 Å². The summed E-state index contributed by atoms with van der Waals surface area (Å²) in [5.74, 6) is 0. The molecule has 0 spiro atoms. The van der Waals surface area contributed by atoms with Crippen LogP contribution < -0.4 is 0 Å². The molecule has 0 saturated heterocycles. The van der Waals surface area contributed by atoms with E-state index in [0.29, 0.717) is 0 Å². The summed E-state index contributed by atoms with van der Waals surface area (Å²) in [5, 5.41) is 18.5. The summed E-state index contributed by atoms with van der Waals surface area (Å²) in [6.45, 7) is 1.96. The number of rotatable bonds is 3. The third-order valence-electron chi connectivity index (χ3n) is 2.17. The van der Waals surface area contributed by atoms with Gasteiger partial charge in [0.1, 0.15) is 5.03 Å². The predicted octanol–water partition coefficient (Wildman–Crippen LogP) is 1.16. The molecule has 0 aliphatic heterocycles. The Balaban J connectivity index is 2.24. The van der Waals surface area contributed by atoms with Crippen molar-refractivity contribution in [2.45, 2.75) is 23.7 Å². The van der Waals surface area contributed by atoms with Crippen LogP contribution in [0.4, 0.5) is 0 Å². The van der Waals surface area contributed by atoms with Crippen LogP contribution in [0.1, 0.15) is 11.3 Å². The first-order valence-corrected chi connectivity index (χ1v) is 5.61. The highest BCUT2D eigenvalue weighted by molar-refractivity contribution is 7.99. The van der Waals surface area contributed by atoms with Gasteiger partial charge < -0.3 is 9.67 Å². The average molecular weight is 236 g/mol. The van der Waals surface area contributed by atoms with E-state index < -0.39 is 0 Å². The van der Waals surface area contributed by atoms with Gasteiger partial charge in [0, 0.05) is 7.05 Å². The second-order valence-electron chi connectivity index (χ2n) is 3.42. The Kier molecular flexibility index (Phi) is 3.21. The van der Waals surface area contributed by atoms with E-state index in [0.717, 1.165) is 21.4 Å². The maximum absolute atomic E-state index is 9.04. The van der Waals surface area contributed by atoms with Gasteiger partial charge in [-0.3, -0.25) is 0 Å². The van der Waals surface area contributed by atoms with Crippen LogP contribution in [-0.2, 0) is 13.7 Å². The van der Waals surface area contributed by atoms with E-state index in [4.69, 9.17) is 5.11 Å². The highest BCUT2D eigenvalue weighted by Crippen LogP contribution is 2.24. The fourth-order valence-corrected chi connectivity index (χ4v) is 2.13. The predicted molar refractivity (Wildman–Crippen MR) is 60.0 cm³/mol. The molecule has 6 heteroatoms. The molecule has 1 N–H and O–H groups in total. The van der Waals surface area contributed by atoms with Crippen LogP contribution in [0.2, 0.25) is 0 Å². The van der Waals surface area contributed by atoms with Gasteiger partial charge in [0.2, 0.25) is 0 Å². The Bertz CT molecular complexity index is 497. The molecule has 2 rings (SSSR count). The summed E-state index contributed by atoms with van der Waals surface area (Å²) in [4.78, 5) is 4.21. The molecule has 2 heterocycles. The molecule has 0 saturated carbocycles. The summed E-state index contributed by atoms with van der Waals surface area (Å²) >= 11 is 1.43. The smallest absolute Gasteiger partial charge is 0.174 e. The Labute approximate surface area is 97.5 Å². The number of aromatic nitrogens is 4. The average Bonchev–Trinajstić information content (AvgIpc) is 2.60. The molecule has 16 heavy (non-hydrogen) atoms. The van der Waals surface area contributed by atoms with Crippen LogP contribution in [0.15, 0.2) is 28.6 Å². The van der Waals surface area contributed by atoms with Gasteiger partial charge in [0.15, 0.2) is 5.16 Å². The molecule has 0 bridgehead atoms. The third-order valence-corrected chi connectivity index (χ3v) is 3.14. The van der Waals surface area contributed by atoms with Gasteiger partial charge in [0.05, 0.1) is 24.7 Å². The van der Waals surface area contributed by atoms with Gasteiger partial charge in [-0.2, -0.15) is 5.10 Å². The molecule has 0 aromatic carbocycles. The van der Waals surface area contributed by atoms with Crippen molar-refractivity contribution in [3.8, 4) is 0 Å². The normalized spacial score (nSPS) is 10.7. The SMILES string of the molecule is Cc1cnnc(Sc2ncc(CO)n2C)c1. The molecular formula is C10H12N4OS. The van der Waals surface area contributed by atoms with E-state index >= 15 is 0 Å². The molecule has 0 fully saturated rings. The summed E-state index contributed by atoms with van der Waals surface area (Å²) in [5.41, 5.74) is 1.84. The van der Waals surface area contributed by atoms with Crippen molar-refractivity contribution in [1.82, 2.24) is 19.7 Å². The van der Waals surface area contributed by atoms with Crippen molar-refractivity contribution in [3.05, 3.63) is 29.7 Å². The van der Waals surface area contributed by atoms with Crippen molar-refractivity contribution in [2.24, 2.45) is 7.05 Å². The Morgan fingerprint density at radius 2 is 2.25 bits per heavy atom. The molecule has 5 nitrogen and oxygen atoms in total. The minimum absolute atomic E-state index is 0.0104. The lowest BCUT2D eigenvalue weighted by Crippen LogP contribution is -1.97. The highest BCUT2D eigenvalue weighted by Gasteiger charge is 2.08. The van der Waals surface area contributed by atoms with Gasteiger partial charge in [-0.25, -0.2) is 4.98 Å². The second kappa shape index (κ2) is 4.63. The lowest BCUT2D eigenvalue weighted by Gasteiger charge is -2.02. The molecule has 2 aromatic rings. The molecular weight excluding hydrogens is 224 g/mol. The van der Waals surface area contributed by atoms with Crippen molar-refractivity contribution < 1.29 is 5.11 Å². The maximum atomic E-state index is 9.04. The van der Waals surface area contributed by atoms with Crippen LogP contribution >= 0.6 is 11.8 Å². The molecule has 2 aromatic heterocycles. The fraction of sp³-hybridized carbons (Fsp3) is 0.300. The lowest BCUT2D eigenvalue weighted by molar-refractivity contribution is 0.271. The molecule has 0 aliphatic rings. The number of aliphatic hydroxyl groups excluding tert-OH is 1. The number of hydrogen-bond donors (Lipinski definition) is 1. The zero-order valence-electron chi connectivity index (χ0n) is 9.08. The zero-order valence-corrected chi connectivity index (χ0v) is 9.90. The second-order valence-corrected chi connectivity index (χ2v) is 4.41. The van der Waals surface area contributed by atoms with Crippen LogP contribution in [0.5, 0.6) is 0 Å². The quantitative estimate of drug-likeness (QED) is 0.866. The summed E-state index contributed by atoms with van der Waals surface area (Å²) in [6.07, 6.45) is 3.37. The number of aryl methyl sites for hydroxylation is 1. The van der Waals surface area contributed by atoms with E-state index in [2.05, 4.69) is 15.2 Å². The molecule has 0 unspecified atom stereocenters. The van der Waals surface area contributed by atoms with Crippen LogP contribution in [0, 0.1) is 6.92 Å². The first kappa shape index (κ1) is 11.1. The van der Waals surface area contributed by atoms with E-state index in [9.17, 15) is 0 Å². The number of aliphatic hydroxyl groups is 1. The summed E-state index contributed by atoms with van der Waals surface area (Å²) in [7, 11) is 1.87. The van der Waals surface area contributed by atoms with E-state index in [1.54, 1.807) is 12.4 Å². The third kappa shape index (κ3) is 2.23. The van der Waals surface area contributed by atoms with Gasteiger partial charge in [0.25, 0.3) is 0 Å². The Morgan fingerprint density at radius 3 is 2.88 bits per heavy atom. The Morgan fingerprint density at radius 1 is 1.44 bits per heavy atom. The lowest BCUT2D eigenvalue weighted by atomic mass is 10.4. The van der Waals surface area contributed by atoms with Crippen molar-refractivity contribution >= 4 is 11.8 Å². The Hall–Kier alpha value is -1.40. The van der Waals surface area contributed by atoms with Gasteiger partial charge in [-0.1, -0.05) is 0 Å². The summed E-state index contributed by atoms with van der Waals surface area (Å²) in [6, 6.07) is 1.95. The van der Waals surface area contributed by atoms with Crippen molar-refractivity contribution in [1.29, 1.82) is 0 Å². The van der Waals surface area contributed by atoms with Gasteiger partial charge >= 0.3 is 0 Å². The number of hydrogen-bond acceptors (Lipinski definition) is 5. The first-order chi connectivity index (χ1) is 7.70. The molecule has 0 atom stereocenters. The molecule has 0 amide bonds. The van der Waals surface area contributed by atoms with E-state index in [-0.39, 0.29) is 6.61 Å². The minimum atomic E-state index is -0.0104. The zero-order chi connectivity index (χ0) is 11.5. The standard InChI is InChI=1S/C10H12N4OS/c1-7-3-9(13-12-4-7)16-10-11-5-8(6-15)14(10)2/h3-5,15H,6H2,1-2H3. The molecule has 84 valence electrons. The highest BCUT2D eigenvalue weighted by atomic mass is 32.2. The summed E-state index contributed by atoms with van der Waals surface area (Å²) < 4.78 is 1.84. The first-order valence-electron chi connectivity index (χ1n) is 4.79. The number of nitrogens with zero attached hydrogens (tertiary/aromatic N) is 4. The van der Waals surface area contributed by atoms with E-state index in [1.165, 1.54) is 11.8 Å². The van der Waals surface area contributed by atoms with Crippen molar-refractivity contribution in [2.75, 3.05) is 0 Å².